The lowest BCUT2D eigenvalue weighted by molar-refractivity contribution is -0.113. The quantitative estimate of drug-likeness (QED) is 0.721. The van der Waals surface area contributed by atoms with Gasteiger partial charge in [0.15, 0.2) is 5.13 Å². The van der Waals surface area contributed by atoms with Gasteiger partial charge < -0.3 is 11.1 Å². The van der Waals surface area contributed by atoms with E-state index in [0.717, 1.165) is 12.2 Å². The highest BCUT2D eigenvalue weighted by Gasteiger charge is 2.03. The lowest BCUT2D eigenvalue weighted by Gasteiger charge is -2.00. The molecule has 0 saturated heterocycles. The second-order valence-electron chi connectivity index (χ2n) is 2.58. The van der Waals surface area contributed by atoms with Crippen LogP contribution >= 0.6 is 23.1 Å². The van der Waals surface area contributed by atoms with Crippen LogP contribution < -0.4 is 11.1 Å². The monoisotopic (exact) mass is 231 g/mol. The summed E-state index contributed by atoms with van der Waals surface area (Å²) in [5.74, 6) is 1.41. The van der Waals surface area contributed by atoms with Crippen LogP contribution in [0.4, 0.5) is 5.13 Å². The van der Waals surface area contributed by atoms with E-state index in [0.29, 0.717) is 17.4 Å². The van der Waals surface area contributed by atoms with Crippen LogP contribution in [0.1, 0.15) is 6.42 Å². The molecular weight excluding hydrogens is 218 g/mol. The molecular formula is C8H13N3OS2. The first-order valence-electron chi connectivity index (χ1n) is 4.30. The fourth-order valence-corrected chi connectivity index (χ4v) is 2.11. The zero-order valence-corrected chi connectivity index (χ0v) is 9.37. The van der Waals surface area contributed by atoms with Gasteiger partial charge >= 0.3 is 0 Å². The summed E-state index contributed by atoms with van der Waals surface area (Å²) in [5, 5.41) is 5.21. The molecule has 0 radical (unpaired) electrons. The van der Waals surface area contributed by atoms with E-state index in [1.165, 1.54) is 11.3 Å². The number of hydrogen-bond donors (Lipinski definition) is 2. The average molecular weight is 231 g/mol. The fourth-order valence-electron chi connectivity index (χ4n) is 0.791. The highest BCUT2D eigenvalue weighted by atomic mass is 32.2. The molecule has 0 aromatic carbocycles. The Morgan fingerprint density at radius 1 is 1.71 bits per heavy atom. The summed E-state index contributed by atoms with van der Waals surface area (Å²) in [5.41, 5.74) is 5.33. The second kappa shape index (κ2) is 6.80. The van der Waals surface area contributed by atoms with Crippen molar-refractivity contribution in [2.75, 3.05) is 23.4 Å². The fraction of sp³-hybridized carbons (Fsp3) is 0.500. The minimum Gasteiger partial charge on any atom is -0.330 e. The molecule has 0 aliphatic heterocycles. The Kier molecular flexibility index (Phi) is 5.58. The summed E-state index contributed by atoms with van der Waals surface area (Å²) in [6.45, 7) is 0.682. The second-order valence-corrected chi connectivity index (χ2v) is 4.58. The number of aromatic nitrogens is 1. The number of thiazole rings is 1. The molecule has 1 heterocycles. The van der Waals surface area contributed by atoms with E-state index in [1.54, 1.807) is 18.0 Å². The third kappa shape index (κ3) is 4.59. The molecule has 1 amide bonds. The predicted octanol–water partition coefficient (Wildman–Crippen LogP) is 1.16. The van der Waals surface area contributed by atoms with Crippen molar-refractivity contribution in [2.24, 2.45) is 5.73 Å². The van der Waals surface area contributed by atoms with Gasteiger partial charge in [-0.15, -0.1) is 11.3 Å². The maximum atomic E-state index is 11.3. The molecule has 6 heteroatoms. The number of hydrogen-bond acceptors (Lipinski definition) is 5. The summed E-state index contributed by atoms with van der Waals surface area (Å²) < 4.78 is 0. The summed E-state index contributed by atoms with van der Waals surface area (Å²) in [7, 11) is 0. The van der Waals surface area contributed by atoms with Crippen molar-refractivity contribution in [3.63, 3.8) is 0 Å². The van der Waals surface area contributed by atoms with E-state index in [-0.39, 0.29) is 5.91 Å². The molecule has 78 valence electrons. The van der Waals surface area contributed by atoms with Crippen LogP contribution in [0, 0.1) is 0 Å². The van der Waals surface area contributed by atoms with E-state index in [1.807, 2.05) is 5.38 Å². The standard InChI is InChI=1S/C8H13N3OS2/c9-2-1-4-13-6-7(12)11-8-10-3-5-14-8/h3,5H,1-2,4,6,9H2,(H,10,11,12). The Morgan fingerprint density at radius 2 is 2.57 bits per heavy atom. The number of rotatable bonds is 6. The lowest BCUT2D eigenvalue weighted by Crippen LogP contribution is -2.14. The Morgan fingerprint density at radius 3 is 3.21 bits per heavy atom. The first-order valence-corrected chi connectivity index (χ1v) is 6.33. The number of nitrogens with one attached hydrogen (secondary N) is 1. The van der Waals surface area contributed by atoms with Crippen LogP contribution in [0.25, 0.3) is 0 Å². The maximum absolute atomic E-state index is 11.3. The van der Waals surface area contributed by atoms with E-state index in [2.05, 4.69) is 10.3 Å². The number of anilines is 1. The van der Waals surface area contributed by atoms with Crippen molar-refractivity contribution in [2.45, 2.75) is 6.42 Å². The largest absolute Gasteiger partial charge is 0.330 e. The van der Waals surface area contributed by atoms with Crippen molar-refractivity contribution >= 4 is 34.1 Å². The SMILES string of the molecule is NCCCSCC(=O)Nc1nccs1. The maximum Gasteiger partial charge on any atom is 0.236 e. The van der Waals surface area contributed by atoms with Gasteiger partial charge in [-0.2, -0.15) is 11.8 Å². The van der Waals surface area contributed by atoms with Gasteiger partial charge in [0.25, 0.3) is 0 Å². The van der Waals surface area contributed by atoms with Crippen LogP contribution in [-0.2, 0) is 4.79 Å². The smallest absolute Gasteiger partial charge is 0.236 e. The van der Waals surface area contributed by atoms with Gasteiger partial charge in [-0.25, -0.2) is 4.98 Å². The normalized spacial score (nSPS) is 10.1. The molecule has 1 aromatic heterocycles. The molecule has 0 unspecified atom stereocenters. The first-order chi connectivity index (χ1) is 6.83. The van der Waals surface area contributed by atoms with E-state index >= 15 is 0 Å². The number of thioether (sulfide) groups is 1. The third-order valence-electron chi connectivity index (χ3n) is 1.40. The van der Waals surface area contributed by atoms with Crippen molar-refractivity contribution in [3.8, 4) is 0 Å². The van der Waals surface area contributed by atoms with Crippen molar-refractivity contribution in [1.82, 2.24) is 4.98 Å². The Balaban J connectivity index is 2.11. The molecule has 0 aliphatic carbocycles. The highest BCUT2D eigenvalue weighted by Crippen LogP contribution is 2.11. The molecule has 0 bridgehead atoms. The minimum atomic E-state index is 0.00183. The number of nitrogens with zero attached hydrogens (tertiary/aromatic N) is 1. The molecule has 0 atom stereocenters. The van der Waals surface area contributed by atoms with Crippen LogP contribution in [-0.4, -0.2) is 28.9 Å². The number of carbonyl (C=O) groups excluding carboxylic acids is 1. The molecule has 0 aliphatic rings. The number of carbonyl (C=O) groups is 1. The molecule has 1 rings (SSSR count). The molecule has 4 nitrogen and oxygen atoms in total. The lowest BCUT2D eigenvalue weighted by atomic mass is 10.5. The van der Waals surface area contributed by atoms with E-state index < -0.39 is 0 Å². The zero-order chi connectivity index (χ0) is 10.2. The zero-order valence-electron chi connectivity index (χ0n) is 7.73. The Hall–Kier alpha value is -0.590. The van der Waals surface area contributed by atoms with Crippen molar-refractivity contribution < 1.29 is 4.79 Å². The molecule has 0 fully saturated rings. The van der Waals surface area contributed by atoms with Crippen molar-refractivity contribution in [1.29, 1.82) is 0 Å². The van der Waals surface area contributed by atoms with Crippen LogP contribution in [0.3, 0.4) is 0 Å². The first kappa shape index (κ1) is 11.5. The highest BCUT2D eigenvalue weighted by molar-refractivity contribution is 7.99. The van der Waals surface area contributed by atoms with E-state index in [4.69, 9.17) is 5.73 Å². The summed E-state index contributed by atoms with van der Waals surface area (Å²) in [6.07, 6.45) is 2.62. The molecule has 14 heavy (non-hydrogen) atoms. The topological polar surface area (TPSA) is 68.0 Å². The Bertz CT molecular complexity index is 264. The van der Waals surface area contributed by atoms with Gasteiger partial charge in [0.05, 0.1) is 5.75 Å². The Labute approximate surface area is 91.3 Å². The van der Waals surface area contributed by atoms with Crippen LogP contribution in [0.2, 0.25) is 0 Å². The van der Waals surface area contributed by atoms with Gasteiger partial charge in [0.1, 0.15) is 0 Å². The van der Waals surface area contributed by atoms with Gasteiger partial charge in [0.2, 0.25) is 5.91 Å². The molecule has 0 saturated carbocycles. The van der Waals surface area contributed by atoms with Gasteiger partial charge in [0, 0.05) is 11.6 Å². The molecule has 1 aromatic rings. The summed E-state index contributed by atoms with van der Waals surface area (Å²) in [6, 6.07) is 0. The van der Waals surface area contributed by atoms with Crippen LogP contribution in [0.15, 0.2) is 11.6 Å². The van der Waals surface area contributed by atoms with E-state index in [9.17, 15) is 4.79 Å². The van der Waals surface area contributed by atoms with Gasteiger partial charge in [-0.1, -0.05) is 0 Å². The third-order valence-corrected chi connectivity index (χ3v) is 3.14. The van der Waals surface area contributed by atoms with Gasteiger partial charge in [-0.3, -0.25) is 4.79 Å². The molecule has 3 N–H and O–H groups in total. The average Bonchev–Trinajstić information content (AvgIpc) is 2.65. The summed E-state index contributed by atoms with van der Waals surface area (Å²) >= 11 is 3.02. The van der Waals surface area contributed by atoms with Crippen LogP contribution in [0.5, 0.6) is 0 Å². The predicted molar refractivity (Wildman–Crippen MR) is 61.7 cm³/mol. The number of nitrogens with two attached hydrogens (primary N) is 1. The van der Waals surface area contributed by atoms with Gasteiger partial charge in [-0.05, 0) is 18.7 Å². The molecule has 0 spiro atoms. The summed E-state index contributed by atoms with van der Waals surface area (Å²) in [4.78, 5) is 15.2. The number of amides is 1. The van der Waals surface area contributed by atoms with Crippen molar-refractivity contribution in [3.05, 3.63) is 11.6 Å². The minimum absolute atomic E-state index is 0.00183.